The lowest BCUT2D eigenvalue weighted by atomic mass is 10.1. The summed E-state index contributed by atoms with van der Waals surface area (Å²) < 4.78 is 10.6. The van der Waals surface area contributed by atoms with Gasteiger partial charge in [-0.1, -0.05) is 30.3 Å². The molecule has 0 heterocycles. The first-order valence-corrected chi connectivity index (χ1v) is 8.34. The molecule has 3 heteroatoms. The lowest BCUT2D eigenvalue weighted by Crippen LogP contribution is -2.28. The summed E-state index contributed by atoms with van der Waals surface area (Å²) in [5, 5.41) is 0. The van der Waals surface area contributed by atoms with Crippen LogP contribution in [0.4, 0.5) is 0 Å². The van der Waals surface area contributed by atoms with Crippen molar-refractivity contribution in [3.05, 3.63) is 72.3 Å². The maximum Gasteiger partial charge on any atom is 0.119 e. The van der Waals surface area contributed by atoms with Gasteiger partial charge in [-0.25, -0.2) is 0 Å². The maximum atomic E-state index is 5.29. The summed E-state index contributed by atoms with van der Waals surface area (Å²) in [7, 11) is 3.41. The van der Waals surface area contributed by atoms with E-state index in [0.717, 1.165) is 44.0 Å². The van der Waals surface area contributed by atoms with Gasteiger partial charge in [-0.2, -0.15) is 0 Å². The van der Waals surface area contributed by atoms with E-state index in [4.69, 9.17) is 9.47 Å². The van der Waals surface area contributed by atoms with Crippen LogP contribution >= 0.6 is 0 Å². The molecule has 0 saturated heterocycles. The smallest absolute Gasteiger partial charge is 0.119 e. The summed E-state index contributed by atoms with van der Waals surface area (Å²) in [5.74, 6) is 1.83. The second-order valence-electron chi connectivity index (χ2n) is 5.79. The van der Waals surface area contributed by atoms with Crippen molar-refractivity contribution in [1.29, 1.82) is 0 Å². The Hall–Kier alpha value is -2.26. The van der Waals surface area contributed by atoms with Crippen LogP contribution in [0.1, 0.15) is 11.1 Å². The van der Waals surface area contributed by atoms with E-state index in [1.807, 2.05) is 30.3 Å². The fraction of sp³-hybridized carbons (Fsp3) is 0.333. The average molecular weight is 325 g/mol. The van der Waals surface area contributed by atoms with Crippen molar-refractivity contribution in [1.82, 2.24) is 4.90 Å². The molecular weight excluding hydrogens is 298 g/mol. The number of hydrogen-bond acceptors (Lipinski definition) is 3. The number of methoxy groups -OCH3 is 2. The molecule has 0 unspecified atom stereocenters. The van der Waals surface area contributed by atoms with Crippen molar-refractivity contribution in [2.45, 2.75) is 12.8 Å². The Balaban J connectivity index is 1.89. The van der Waals surface area contributed by atoms with Crippen molar-refractivity contribution < 1.29 is 9.47 Å². The highest BCUT2D eigenvalue weighted by molar-refractivity contribution is 5.29. The SMILES string of the molecule is C=CCN(CCc1cccc(OC)c1)CCc1cccc(OC)c1. The summed E-state index contributed by atoms with van der Waals surface area (Å²) in [5.41, 5.74) is 2.59. The molecule has 0 amide bonds. The van der Waals surface area contributed by atoms with Crippen LogP contribution in [-0.2, 0) is 12.8 Å². The fourth-order valence-corrected chi connectivity index (χ4v) is 2.71. The highest BCUT2D eigenvalue weighted by atomic mass is 16.5. The van der Waals surface area contributed by atoms with E-state index in [0.29, 0.717) is 0 Å². The fourth-order valence-electron chi connectivity index (χ4n) is 2.71. The highest BCUT2D eigenvalue weighted by Crippen LogP contribution is 2.15. The lowest BCUT2D eigenvalue weighted by molar-refractivity contribution is 0.310. The molecule has 0 fully saturated rings. The molecule has 0 saturated carbocycles. The van der Waals surface area contributed by atoms with Gasteiger partial charge in [0.05, 0.1) is 14.2 Å². The van der Waals surface area contributed by atoms with Crippen molar-refractivity contribution in [2.24, 2.45) is 0 Å². The molecule has 2 rings (SSSR count). The molecule has 0 radical (unpaired) electrons. The predicted molar refractivity (Wildman–Crippen MR) is 100 cm³/mol. The van der Waals surface area contributed by atoms with E-state index >= 15 is 0 Å². The van der Waals surface area contributed by atoms with Crippen molar-refractivity contribution in [3.63, 3.8) is 0 Å². The zero-order valence-electron chi connectivity index (χ0n) is 14.7. The van der Waals surface area contributed by atoms with Crippen LogP contribution < -0.4 is 9.47 Å². The van der Waals surface area contributed by atoms with Crippen molar-refractivity contribution in [3.8, 4) is 11.5 Å². The van der Waals surface area contributed by atoms with E-state index in [1.54, 1.807) is 14.2 Å². The quantitative estimate of drug-likeness (QED) is 0.617. The van der Waals surface area contributed by atoms with Crippen LogP contribution in [0.5, 0.6) is 11.5 Å². The van der Waals surface area contributed by atoms with Gasteiger partial charge in [0.15, 0.2) is 0 Å². The molecule has 0 aromatic heterocycles. The van der Waals surface area contributed by atoms with Gasteiger partial charge in [0.25, 0.3) is 0 Å². The molecule has 24 heavy (non-hydrogen) atoms. The van der Waals surface area contributed by atoms with Crippen LogP contribution in [-0.4, -0.2) is 38.8 Å². The van der Waals surface area contributed by atoms with Crippen LogP contribution in [0.3, 0.4) is 0 Å². The van der Waals surface area contributed by atoms with Crippen molar-refractivity contribution in [2.75, 3.05) is 33.9 Å². The first-order valence-electron chi connectivity index (χ1n) is 8.34. The zero-order valence-corrected chi connectivity index (χ0v) is 14.7. The van der Waals surface area contributed by atoms with Gasteiger partial charge < -0.3 is 9.47 Å². The Labute approximate surface area is 145 Å². The van der Waals surface area contributed by atoms with Gasteiger partial charge in [-0.15, -0.1) is 6.58 Å². The third-order valence-corrected chi connectivity index (χ3v) is 4.09. The Morgan fingerprint density at radius 1 is 0.875 bits per heavy atom. The number of rotatable bonds is 10. The molecular formula is C21H27NO2. The van der Waals surface area contributed by atoms with Crippen LogP contribution in [0, 0.1) is 0 Å². The minimum Gasteiger partial charge on any atom is -0.497 e. The largest absolute Gasteiger partial charge is 0.497 e. The molecule has 128 valence electrons. The Bertz CT molecular complexity index is 588. The van der Waals surface area contributed by atoms with Crippen LogP contribution in [0.25, 0.3) is 0 Å². The number of benzene rings is 2. The predicted octanol–water partition coefficient (Wildman–Crippen LogP) is 3.98. The Kier molecular flexibility index (Phi) is 7.37. The van der Waals surface area contributed by atoms with Crippen LogP contribution in [0.15, 0.2) is 61.2 Å². The summed E-state index contributed by atoms with van der Waals surface area (Å²) in [6, 6.07) is 16.6. The average Bonchev–Trinajstić information content (AvgIpc) is 2.64. The standard InChI is InChI=1S/C21H27NO2/c1-4-13-22(14-11-18-7-5-9-20(16-18)23-2)15-12-19-8-6-10-21(17-19)24-3/h4-10,16-17H,1,11-15H2,2-3H3. The molecule has 0 aliphatic heterocycles. The Morgan fingerprint density at radius 3 is 1.79 bits per heavy atom. The molecule has 0 aliphatic rings. The number of ether oxygens (including phenoxy) is 2. The van der Waals surface area contributed by atoms with Gasteiger partial charge in [-0.3, -0.25) is 4.90 Å². The van der Waals surface area contributed by atoms with Crippen LogP contribution in [0.2, 0.25) is 0 Å². The molecule has 0 atom stereocenters. The summed E-state index contributed by atoms with van der Waals surface area (Å²) in [6.45, 7) is 6.79. The van der Waals surface area contributed by atoms with E-state index in [-0.39, 0.29) is 0 Å². The van der Waals surface area contributed by atoms with Gasteiger partial charge in [0.2, 0.25) is 0 Å². The van der Waals surface area contributed by atoms with E-state index < -0.39 is 0 Å². The normalized spacial score (nSPS) is 10.6. The monoisotopic (exact) mass is 325 g/mol. The van der Waals surface area contributed by atoms with E-state index in [2.05, 4.69) is 35.7 Å². The number of nitrogens with zero attached hydrogens (tertiary/aromatic N) is 1. The molecule has 0 spiro atoms. The molecule has 3 nitrogen and oxygen atoms in total. The topological polar surface area (TPSA) is 21.7 Å². The zero-order chi connectivity index (χ0) is 17.2. The summed E-state index contributed by atoms with van der Waals surface area (Å²) in [4.78, 5) is 2.42. The van der Waals surface area contributed by atoms with Gasteiger partial charge in [0, 0.05) is 19.6 Å². The third-order valence-electron chi connectivity index (χ3n) is 4.09. The maximum absolute atomic E-state index is 5.29. The summed E-state index contributed by atoms with van der Waals surface area (Å²) in [6.07, 6.45) is 3.98. The minimum absolute atomic E-state index is 0.897. The van der Waals surface area contributed by atoms with Gasteiger partial charge in [0.1, 0.15) is 11.5 Å². The molecule has 2 aromatic carbocycles. The second-order valence-corrected chi connectivity index (χ2v) is 5.79. The molecule has 2 aromatic rings. The minimum atomic E-state index is 0.897. The van der Waals surface area contributed by atoms with Gasteiger partial charge in [-0.05, 0) is 48.2 Å². The van der Waals surface area contributed by atoms with E-state index in [9.17, 15) is 0 Å². The Morgan fingerprint density at radius 2 is 1.38 bits per heavy atom. The number of hydrogen-bond donors (Lipinski definition) is 0. The second kappa shape index (κ2) is 9.78. The molecule has 0 bridgehead atoms. The third kappa shape index (κ3) is 5.74. The van der Waals surface area contributed by atoms with E-state index in [1.165, 1.54) is 11.1 Å². The summed E-state index contributed by atoms with van der Waals surface area (Å²) >= 11 is 0. The first kappa shape index (κ1) is 18.1. The van der Waals surface area contributed by atoms with Crippen molar-refractivity contribution >= 4 is 0 Å². The van der Waals surface area contributed by atoms with Gasteiger partial charge >= 0.3 is 0 Å². The first-order chi connectivity index (χ1) is 11.7. The molecule has 0 aliphatic carbocycles. The molecule has 0 N–H and O–H groups in total. The lowest BCUT2D eigenvalue weighted by Gasteiger charge is -2.21. The highest BCUT2D eigenvalue weighted by Gasteiger charge is 2.05.